The number of aromatic amines is 1. The predicted octanol–water partition coefficient (Wildman–Crippen LogP) is 0.626. The average molecular weight is 233 g/mol. The molecule has 2 heterocycles. The smallest absolute Gasteiger partial charge is 0.344 e. The summed E-state index contributed by atoms with van der Waals surface area (Å²) >= 11 is 0. The second-order valence-electron chi connectivity index (χ2n) is 3.21. The Bertz CT molecular complexity index is 523. The molecule has 0 atom stereocenters. The topological polar surface area (TPSA) is 107 Å². The Morgan fingerprint density at radius 3 is 3.00 bits per heavy atom. The molecule has 7 nitrogen and oxygen atoms in total. The number of nitrogens with two attached hydrogens (primary N) is 1. The monoisotopic (exact) mass is 233 g/mol. The van der Waals surface area contributed by atoms with Crippen LogP contribution >= 0.6 is 0 Å². The molecular formula is C10H11N5O2. The van der Waals surface area contributed by atoms with Gasteiger partial charge in [0.15, 0.2) is 5.82 Å². The second kappa shape index (κ2) is 4.60. The van der Waals surface area contributed by atoms with Gasteiger partial charge in [0.25, 0.3) is 0 Å². The second-order valence-corrected chi connectivity index (χ2v) is 3.21. The van der Waals surface area contributed by atoms with Crippen LogP contribution in [0.1, 0.15) is 17.3 Å². The fourth-order valence-corrected chi connectivity index (χ4v) is 1.41. The molecule has 0 bridgehead atoms. The molecular weight excluding hydrogens is 222 g/mol. The molecule has 0 aromatic carbocycles. The molecule has 0 fully saturated rings. The molecule has 3 N–H and O–H groups in total. The summed E-state index contributed by atoms with van der Waals surface area (Å²) in [5, 5.41) is 13.9. The van der Waals surface area contributed by atoms with Gasteiger partial charge in [-0.15, -0.1) is 0 Å². The first-order valence-corrected chi connectivity index (χ1v) is 5.02. The van der Waals surface area contributed by atoms with Crippen molar-refractivity contribution in [2.75, 3.05) is 12.3 Å². The van der Waals surface area contributed by atoms with Crippen molar-refractivity contribution in [3.8, 4) is 11.3 Å². The summed E-state index contributed by atoms with van der Waals surface area (Å²) in [4.78, 5) is 11.7. The fourth-order valence-electron chi connectivity index (χ4n) is 1.41. The number of H-pyrrole nitrogens is 1. The highest BCUT2D eigenvalue weighted by atomic mass is 16.5. The molecule has 0 aliphatic carbocycles. The summed E-state index contributed by atoms with van der Waals surface area (Å²) in [5.41, 5.74) is 7.01. The van der Waals surface area contributed by atoms with E-state index in [1.54, 1.807) is 13.0 Å². The molecule has 0 saturated carbocycles. The van der Waals surface area contributed by atoms with Crippen molar-refractivity contribution in [1.82, 2.24) is 20.4 Å². The van der Waals surface area contributed by atoms with Crippen LogP contribution in [0, 0.1) is 0 Å². The minimum absolute atomic E-state index is 0.107. The van der Waals surface area contributed by atoms with E-state index in [0.717, 1.165) is 0 Å². The maximum atomic E-state index is 11.7. The third kappa shape index (κ3) is 2.07. The maximum absolute atomic E-state index is 11.7. The van der Waals surface area contributed by atoms with Crippen LogP contribution in [0.2, 0.25) is 0 Å². The first-order valence-electron chi connectivity index (χ1n) is 5.02. The van der Waals surface area contributed by atoms with Gasteiger partial charge in [0, 0.05) is 5.56 Å². The number of nitrogen functional groups attached to an aromatic ring is 1. The molecule has 0 unspecified atom stereocenters. The summed E-state index contributed by atoms with van der Waals surface area (Å²) in [6.07, 6.45) is 3.02. The molecule has 0 radical (unpaired) electrons. The number of hydrogen-bond donors (Lipinski definition) is 2. The lowest BCUT2D eigenvalue weighted by Crippen LogP contribution is -2.07. The van der Waals surface area contributed by atoms with Gasteiger partial charge in [-0.3, -0.25) is 5.10 Å². The van der Waals surface area contributed by atoms with Crippen molar-refractivity contribution in [3.05, 3.63) is 24.0 Å². The zero-order chi connectivity index (χ0) is 12.3. The molecule has 0 aliphatic heterocycles. The van der Waals surface area contributed by atoms with Crippen molar-refractivity contribution >= 4 is 11.8 Å². The minimum Gasteiger partial charge on any atom is -0.462 e. The van der Waals surface area contributed by atoms with Gasteiger partial charge in [0.2, 0.25) is 0 Å². The van der Waals surface area contributed by atoms with Crippen LogP contribution in [0.4, 0.5) is 5.82 Å². The predicted molar refractivity (Wildman–Crippen MR) is 60.0 cm³/mol. The lowest BCUT2D eigenvalue weighted by Gasteiger charge is -2.03. The number of carbonyl (C=O) groups excluding carboxylic acids is 1. The van der Waals surface area contributed by atoms with E-state index in [-0.39, 0.29) is 18.0 Å². The molecule has 7 heteroatoms. The Balaban J connectivity index is 2.46. The number of esters is 1. The summed E-state index contributed by atoms with van der Waals surface area (Å²) in [6.45, 7) is 2.00. The zero-order valence-electron chi connectivity index (χ0n) is 9.17. The number of rotatable bonds is 3. The Labute approximate surface area is 97.0 Å². The van der Waals surface area contributed by atoms with Crippen LogP contribution in [0.3, 0.4) is 0 Å². The minimum atomic E-state index is -0.509. The number of nitrogens with zero attached hydrogens (tertiary/aromatic N) is 3. The lowest BCUT2D eigenvalue weighted by molar-refractivity contribution is 0.0528. The van der Waals surface area contributed by atoms with Crippen LogP contribution < -0.4 is 5.73 Å². The van der Waals surface area contributed by atoms with Crippen molar-refractivity contribution in [1.29, 1.82) is 0 Å². The SMILES string of the molecule is CCOC(=O)c1c(N)n[nH]c1-c1ccnnc1. The van der Waals surface area contributed by atoms with Crippen molar-refractivity contribution in [2.45, 2.75) is 6.92 Å². The molecule has 0 aliphatic rings. The summed E-state index contributed by atoms with van der Waals surface area (Å²) in [6, 6.07) is 1.70. The first-order chi connectivity index (χ1) is 8.24. The number of ether oxygens (including phenoxy) is 1. The van der Waals surface area contributed by atoms with Gasteiger partial charge in [-0.2, -0.15) is 15.3 Å². The van der Waals surface area contributed by atoms with E-state index in [0.29, 0.717) is 11.3 Å². The number of anilines is 1. The van der Waals surface area contributed by atoms with Crippen molar-refractivity contribution in [3.63, 3.8) is 0 Å². The Hall–Kier alpha value is -2.44. The zero-order valence-corrected chi connectivity index (χ0v) is 9.17. The van der Waals surface area contributed by atoms with E-state index >= 15 is 0 Å². The molecule has 88 valence electrons. The van der Waals surface area contributed by atoms with Crippen LogP contribution in [0.25, 0.3) is 11.3 Å². The largest absolute Gasteiger partial charge is 0.462 e. The summed E-state index contributed by atoms with van der Waals surface area (Å²) < 4.78 is 4.91. The highest BCUT2D eigenvalue weighted by Gasteiger charge is 2.21. The average Bonchev–Trinajstić information content (AvgIpc) is 2.73. The molecule has 2 rings (SSSR count). The van der Waals surface area contributed by atoms with E-state index in [1.165, 1.54) is 12.4 Å². The Morgan fingerprint density at radius 2 is 2.35 bits per heavy atom. The maximum Gasteiger partial charge on any atom is 0.344 e. The Morgan fingerprint density at radius 1 is 1.53 bits per heavy atom. The van der Waals surface area contributed by atoms with Crippen LogP contribution in [0.15, 0.2) is 18.5 Å². The van der Waals surface area contributed by atoms with Gasteiger partial charge >= 0.3 is 5.97 Å². The summed E-state index contributed by atoms with van der Waals surface area (Å²) in [5.74, 6) is -0.402. The quantitative estimate of drug-likeness (QED) is 0.753. The van der Waals surface area contributed by atoms with Crippen LogP contribution in [0.5, 0.6) is 0 Å². The van der Waals surface area contributed by atoms with Gasteiger partial charge in [-0.25, -0.2) is 4.79 Å². The molecule has 17 heavy (non-hydrogen) atoms. The van der Waals surface area contributed by atoms with Gasteiger partial charge in [0.05, 0.1) is 24.7 Å². The fraction of sp³-hybridized carbons (Fsp3) is 0.200. The van der Waals surface area contributed by atoms with E-state index in [1.807, 2.05) is 0 Å². The standard InChI is InChI=1S/C10H11N5O2/c1-2-17-10(16)7-8(14-15-9(7)11)6-3-4-12-13-5-6/h3-5H,2H2,1H3,(H3,11,14,15). The number of nitrogens with one attached hydrogen (secondary N) is 1. The van der Waals surface area contributed by atoms with E-state index in [9.17, 15) is 4.79 Å². The first kappa shape index (κ1) is 11.1. The number of hydrogen-bond acceptors (Lipinski definition) is 6. The third-order valence-corrected chi connectivity index (χ3v) is 2.15. The highest BCUT2D eigenvalue weighted by Crippen LogP contribution is 2.24. The molecule has 0 spiro atoms. The van der Waals surface area contributed by atoms with Crippen molar-refractivity contribution < 1.29 is 9.53 Å². The lowest BCUT2D eigenvalue weighted by atomic mass is 10.1. The molecule has 2 aromatic heterocycles. The van der Waals surface area contributed by atoms with Crippen LogP contribution in [-0.4, -0.2) is 33.0 Å². The third-order valence-electron chi connectivity index (χ3n) is 2.15. The van der Waals surface area contributed by atoms with Gasteiger partial charge in [-0.1, -0.05) is 0 Å². The molecule has 0 amide bonds. The normalized spacial score (nSPS) is 10.2. The van der Waals surface area contributed by atoms with Gasteiger partial charge in [0.1, 0.15) is 5.56 Å². The van der Waals surface area contributed by atoms with Crippen LogP contribution in [-0.2, 0) is 4.74 Å². The number of carbonyl (C=O) groups is 1. The van der Waals surface area contributed by atoms with E-state index in [2.05, 4.69) is 20.4 Å². The van der Waals surface area contributed by atoms with Gasteiger partial charge < -0.3 is 10.5 Å². The van der Waals surface area contributed by atoms with Gasteiger partial charge in [-0.05, 0) is 13.0 Å². The number of aromatic nitrogens is 4. The van der Waals surface area contributed by atoms with Crippen molar-refractivity contribution in [2.24, 2.45) is 0 Å². The highest BCUT2D eigenvalue weighted by molar-refractivity contribution is 6.00. The molecule has 2 aromatic rings. The Kier molecular flexibility index (Phi) is 2.99. The molecule has 0 saturated heterocycles. The van der Waals surface area contributed by atoms with E-state index in [4.69, 9.17) is 10.5 Å². The van der Waals surface area contributed by atoms with E-state index < -0.39 is 5.97 Å². The summed E-state index contributed by atoms with van der Waals surface area (Å²) in [7, 11) is 0.